The van der Waals surface area contributed by atoms with Crippen molar-refractivity contribution in [3.05, 3.63) is 46.1 Å². The second-order valence-electron chi connectivity index (χ2n) is 5.79. The molecule has 1 fully saturated rings. The van der Waals surface area contributed by atoms with Crippen LogP contribution in [0.4, 0.5) is 5.82 Å². The molecule has 24 heavy (non-hydrogen) atoms. The first kappa shape index (κ1) is 16.7. The van der Waals surface area contributed by atoms with Gasteiger partial charge >= 0.3 is 0 Å². The maximum atomic E-state index is 12.8. The SMILES string of the molecule is COc1cc(Br)ccc1C(=O)N1CCC(c2ccc(N)nn2)CC1. The first-order valence-corrected chi connectivity index (χ1v) is 8.59. The van der Waals surface area contributed by atoms with Crippen molar-refractivity contribution >= 4 is 27.7 Å². The van der Waals surface area contributed by atoms with Crippen LogP contribution in [0.2, 0.25) is 0 Å². The van der Waals surface area contributed by atoms with E-state index in [-0.39, 0.29) is 5.91 Å². The van der Waals surface area contributed by atoms with Crippen LogP contribution in [0.15, 0.2) is 34.8 Å². The van der Waals surface area contributed by atoms with Crippen molar-refractivity contribution in [3.63, 3.8) is 0 Å². The number of halogens is 1. The zero-order chi connectivity index (χ0) is 17.1. The third kappa shape index (κ3) is 3.51. The molecule has 1 aliphatic heterocycles. The molecule has 0 saturated carbocycles. The Labute approximate surface area is 149 Å². The zero-order valence-corrected chi connectivity index (χ0v) is 15.0. The Morgan fingerprint density at radius 3 is 2.62 bits per heavy atom. The van der Waals surface area contributed by atoms with Crippen molar-refractivity contribution < 1.29 is 9.53 Å². The molecule has 0 bridgehead atoms. The van der Waals surface area contributed by atoms with E-state index in [2.05, 4.69) is 26.1 Å². The number of hydrogen-bond acceptors (Lipinski definition) is 5. The van der Waals surface area contributed by atoms with E-state index in [1.807, 2.05) is 23.1 Å². The number of carbonyl (C=O) groups is 1. The van der Waals surface area contributed by atoms with Crippen LogP contribution < -0.4 is 10.5 Å². The fourth-order valence-electron chi connectivity index (χ4n) is 2.96. The number of piperidine rings is 1. The smallest absolute Gasteiger partial charge is 0.257 e. The molecule has 6 nitrogen and oxygen atoms in total. The predicted octanol–water partition coefficient (Wildman–Crippen LogP) is 2.85. The second kappa shape index (κ2) is 7.17. The first-order chi connectivity index (χ1) is 11.6. The molecule has 1 aromatic carbocycles. The summed E-state index contributed by atoms with van der Waals surface area (Å²) in [6, 6.07) is 9.15. The monoisotopic (exact) mass is 390 g/mol. The molecule has 0 radical (unpaired) electrons. The number of nitrogens with zero attached hydrogens (tertiary/aromatic N) is 3. The van der Waals surface area contributed by atoms with Gasteiger partial charge in [0.1, 0.15) is 11.6 Å². The van der Waals surface area contributed by atoms with Crippen LogP contribution in [0, 0.1) is 0 Å². The number of methoxy groups -OCH3 is 1. The highest BCUT2D eigenvalue weighted by Crippen LogP contribution is 2.29. The lowest BCUT2D eigenvalue weighted by molar-refractivity contribution is 0.0708. The molecule has 1 saturated heterocycles. The van der Waals surface area contributed by atoms with Crippen LogP contribution in [-0.2, 0) is 0 Å². The highest BCUT2D eigenvalue weighted by Gasteiger charge is 2.27. The summed E-state index contributed by atoms with van der Waals surface area (Å²) in [4.78, 5) is 14.6. The highest BCUT2D eigenvalue weighted by molar-refractivity contribution is 9.10. The number of ether oxygens (including phenoxy) is 1. The van der Waals surface area contributed by atoms with Gasteiger partial charge in [-0.2, -0.15) is 5.10 Å². The Balaban J connectivity index is 1.68. The molecule has 0 aliphatic carbocycles. The summed E-state index contributed by atoms with van der Waals surface area (Å²) in [5.41, 5.74) is 7.11. The van der Waals surface area contributed by atoms with Crippen molar-refractivity contribution in [3.8, 4) is 5.75 Å². The molecule has 0 atom stereocenters. The second-order valence-corrected chi connectivity index (χ2v) is 6.71. The highest BCUT2D eigenvalue weighted by atomic mass is 79.9. The number of aromatic nitrogens is 2. The largest absolute Gasteiger partial charge is 0.496 e. The van der Waals surface area contributed by atoms with Crippen molar-refractivity contribution in [2.45, 2.75) is 18.8 Å². The summed E-state index contributed by atoms with van der Waals surface area (Å²) < 4.78 is 6.22. The molecule has 0 spiro atoms. The maximum absolute atomic E-state index is 12.8. The minimum absolute atomic E-state index is 0.00110. The van der Waals surface area contributed by atoms with E-state index < -0.39 is 0 Å². The summed E-state index contributed by atoms with van der Waals surface area (Å²) in [7, 11) is 1.57. The minimum atomic E-state index is 0.00110. The summed E-state index contributed by atoms with van der Waals surface area (Å²) in [6.07, 6.45) is 1.73. The van der Waals surface area contributed by atoms with E-state index in [0.29, 0.717) is 36.1 Å². The molecule has 2 heterocycles. The van der Waals surface area contributed by atoms with Crippen molar-refractivity contribution in [2.24, 2.45) is 0 Å². The average molecular weight is 391 g/mol. The number of nitrogens with two attached hydrogens (primary N) is 1. The fraction of sp³-hybridized carbons (Fsp3) is 0.353. The van der Waals surface area contributed by atoms with Gasteiger partial charge in [-0.1, -0.05) is 15.9 Å². The molecule has 2 aromatic rings. The number of nitrogen functional groups attached to an aromatic ring is 1. The summed E-state index contributed by atoms with van der Waals surface area (Å²) >= 11 is 3.39. The molecule has 2 N–H and O–H groups in total. The van der Waals surface area contributed by atoms with E-state index in [1.165, 1.54) is 0 Å². The summed E-state index contributed by atoms with van der Waals surface area (Å²) in [5, 5.41) is 8.08. The van der Waals surface area contributed by atoms with Crippen LogP contribution in [0.5, 0.6) is 5.75 Å². The Bertz CT molecular complexity index is 728. The van der Waals surface area contributed by atoms with Gasteiger partial charge in [0.05, 0.1) is 18.4 Å². The number of benzene rings is 1. The Hall–Kier alpha value is -2.15. The first-order valence-electron chi connectivity index (χ1n) is 7.80. The molecule has 126 valence electrons. The predicted molar refractivity (Wildman–Crippen MR) is 95.0 cm³/mol. The minimum Gasteiger partial charge on any atom is -0.496 e. The summed E-state index contributed by atoms with van der Waals surface area (Å²) in [5.74, 6) is 1.32. The normalized spacial score (nSPS) is 15.3. The number of likely N-dealkylation sites (tertiary alicyclic amines) is 1. The van der Waals surface area contributed by atoms with E-state index in [4.69, 9.17) is 10.5 Å². The van der Waals surface area contributed by atoms with E-state index >= 15 is 0 Å². The van der Waals surface area contributed by atoms with Gasteiger partial charge in [0.15, 0.2) is 0 Å². The van der Waals surface area contributed by atoms with Crippen LogP contribution in [0.1, 0.15) is 34.8 Å². The molecular weight excluding hydrogens is 372 g/mol. The lowest BCUT2D eigenvalue weighted by Gasteiger charge is -2.32. The molecule has 1 aromatic heterocycles. The van der Waals surface area contributed by atoms with Gasteiger partial charge < -0.3 is 15.4 Å². The van der Waals surface area contributed by atoms with Gasteiger partial charge in [-0.05, 0) is 43.2 Å². The molecule has 0 unspecified atom stereocenters. The van der Waals surface area contributed by atoms with Crippen molar-refractivity contribution in [1.29, 1.82) is 0 Å². The van der Waals surface area contributed by atoms with E-state index in [0.717, 1.165) is 23.0 Å². The molecule has 3 rings (SSSR count). The lowest BCUT2D eigenvalue weighted by atomic mass is 9.93. The molecule has 1 amide bonds. The van der Waals surface area contributed by atoms with Crippen LogP contribution in [0.3, 0.4) is 0 Å². The molecule has 7 heteroatoms. The van der Waals surface area contributed by atoms with Gasteiger partial charge in [0, 0.05) is 23.5 Å². The molecule has 1 aliphatic rings. The Kier molecular flexibility index (Phi) is 4.99. The van der Waals surface area contributed by atoms with Gasteiger partial charge in [-0.3, -0.25) is 4.79 Å². The maximum Gasteiger partial charge on any atom is 0.257 e. The number of hydrogen-bond donors (Lipinski definition) is 1. The molecular formula is C17H19BrN4O2. The van der Waals surface area contributed by atoms with Gasteiger partial charge in [0.2, 0.25) is 0 Å². The number of carbonyl (C=O) groups excluding carboxylic acids is 1. The van der Waals surface area contributed by atoms with E-state index in [1.54, 1.807) is 19.2 Å². The number of anilines is 1. The quantitative estimate of drug-likeness (QED) is 0.870. The van der Waals surface area contributed by atoms with Gasteiger partial charge in [0.25, 0.3) is 5.91 Å². The summed E-state index contributed by atoms with van der Waals surface area (Å²) in [6.45, 7) is 1.38. The van der Waals surface area contributed by atoms with E-state index in [9.17, 15) is 4.79 Å². The van der Waals surface area contributed by atoms with Crippen molar-refractivity contribution in [2.75, 3.05) is 25.9 Å². The Morgan fingerprint density at radius 2 is 2.00 bits per heavy atom. The number of amides is 1. The fourth-order valence-corrected chi connectivity index (χ4v) is 3.30. The van der Waals surface area contributed by atoms with Gasteiger partial charge in [-0.15, -0.1) is 5.10 Å². The topological polar surface area (TPSA) is 81.3 Å². The van der Waals surface area contributed by atoms with Crippen LogP contribution in [0.25, 0.3) is 0 Å². The zero-order valence-electron chi connectivity index (χ0n) is 13.4. The van der Waals surface area contributed by atoms with Crippen LogP contribution in [-0.4, -0.2) is 41.2 Å². The lowest BCUT2D eigenvalue weighted by Crippen LogP contribution is -2.38. The average Bonchev–Trinajstić information content (AvgIpc) is 2.62. The van der Waals surface area contributed by atoms with Crippen LogP contribution >= 0.6 is 15.9 Å². The Morgan fingerprint density at radius 1 is 1.25 bits per heavy atom. The standard InChI is InChI=1S/C17H19BrN4O2/c1-24-15-10-12(18)2-3-13(15)17(23)22-8-6-11(7-9-22)14-4-5-16(19)21-20-14/h2-5,10-11H,6-9H2,1H3,(H2,19,21). The third-order valence-corrected chi connectivity index (χ3v) is 4.79. The third-order valence-electron chi connectivity index (χ3n) is 4.30. The number of rotatable bonds is 3. The van der Waals surface area contributed by atoms with Gasteiger partial charge in [-0.25, -0.2) is 0 Å². The van der Waals surface area contributed by atoms with Crippen molar-refractivity contribution in [1.82, 2.24) is 15.1 Å².